The van der Waals surface area contributed by atoms with Crippen molar-refractivity contribution in [3.05, 3.63) is 12.2 Å². The number of hydrogen-bond donors (Lipinski definition) is 2. The molecule has 0 radical (unpaired) electrons. The van der Waals surface area contributed by atoms with Crippen molar-refractivity contribution in [1.29, 1.82) is 0 Å². The van der Waals surface area contributed by atoms with Crippen LogP contribution in [0.2, 0.25) is 0 Å². The molecule has 9 heteroatoms. The topological polar surface area (TPSA) is 77.0 Å². The van der Waals surface area contributed by atoms with Crippen molar-refractivity contribution in [2.45, 2.75) is 25.8 Å². The van der Waals surface area contributed by atoms with Crippen LogP contribution in [0, 0.1) is 0 Å². The van der Waals surface area contributed by atoms with E-state index in [4.69, 9.17) is 0 Å². The molecule has 2 aliphatic rings. The third-order valence-corrected chi connectivity index (χ3v) is 7.48. The highest BCUT2D eigenvalue weighted by Crippen LogP contribution is 2.13. The summed E-state index contributed by atoms with van der Waals surface area (Å²) in [5.41, 5.74) is 1.20. The van der Waals surface area contributed by atoms with Gasteiger partial charge in [-0.2, -0.15) is 11.8 Å². The van der Waals surface area contributed by atoms with E-state index >= 15 is 0 Å². The lowest BCUT2D eigenvalue weighted by atomic mass is 10.0. The highest BCUT2D eigenvalue weighted by atomic mass is 32.2. The zero-order valence-corrected chi connectivity index (χ0v) is 17.7. The van der Waals surface area contributed by atoms with Crippen LogP contribution in [0.5, 0.6) is 0 Å². The molecule has 0 bridgehead atoms. The predicted octanol–water partition coefficient (Wildman–Crippen LogP) is 0.571. The highest BCUT2D eigenvalue weighted by molar-refractivity contribution is 7.99. The second kappa shape index (κ2) is 10.5. The van der Waals surface area contributed by atoms with E-state index in [0.29, 0.717) is 31.6 Å². The van der Waals surface area contributed by atoms with E-state index in [1.807, 2.05) is 11.8 Å². The molecule has 2 N–H and O–H groups in total. The first-order valence-corrected chi connectivity index (χ1v) is 12.1. The summed E-state index contributed by atoms with van der Waals surface area (Å²) in [7, 11) is -1.46. The van der Waals surface area contributed by atoms with Gasteiger partial charge in [-0.1, -0.05) is 12.2 Å². The summed E-state index contributed by atoms with van der Waals surface area (Å²) in [5.74, 6) is 2.57. The van der Waals surface area contributed by atoms with Gasteiger partial charge >= 0.3 is 0 Å². The molecular weight excluding hydrogens is 370 g/mol. The second-order valence-corrected chi connectivity index (χ2v) is 10.3. The average Bonchev–Trinajstić information content (AvgIpc) is 2.62. The van der Waals surface area contributed by atoms with Crippen molar-refractivity contribution in [1.82, 2.24) is 19.8 Å². The van der Waals surface area contributed by atoms with Crippen molar-refractivity contribution in [2.75, 3.05) is 63.6 Å². The number of nitrogens with one attached hydrogen (secondary N) is 2. The van der Waals surface area contributed by atoms with Gasteiger partial charge in [-0.3, -0.25) is 9.89 Å². The number of nitrogens with zero attached hydrogens (tertiary/aromatic N) is 3. The number of hydrogen-bond acceptors (Lipinski definition) is 5. The summed E-state index contributed by atoms with van der Waals surface area (Å²) >= 11 is 1.81. The van der Waals surface area contributed by atoms with Crippen LogP contribution in [-0.2, 0) is 10.0 Å². The Morgan fingerprint density at radius 2 is 1.88 bits per heavy atom. The van der Waals surface area contributed by atoms with Gasteiger partial charge in [0.05, 0.1) is 5.75 Å². The average molecular weight is 404 g/mol. The van der Waals surface area contributed by atoms with Gasteiger partial charge in [0.1, 0.15) is 0 Å². The predicted molar refractivity (Wildman–Crippen MR) is 111 cm³/mol. The Labute approximate surface area is 162 Å². The van der Waals surface area contributed by atoms with E-state index in [1.165, 1.54) is 5.57 Å². The molecule has 26 heavy (non-hydrogen) atoms. The first kappa shape index (κ1) is 21.5. The number of rotatable bonds is 7. The van der Waals surface area contributed by atoms with Crippen molar-refractivity contribution < 1.29 is 8.42 Å². The Morgan fingerprint density at radius 1 is 1.23 bits per heavy atom. The SMILES string of the molecule is C=C(C)CN1CCC(NC(=NC)NCCS(=O)(=O)N2CCSCC2)CC1. The Morgan fingerprint density at radius 3 is 2.46 bits per heavy atom. The third-order valence-electron chi connectivity index (χ3n) is 4.66. The second-order valence-electron chi connectivity index (χ2n) is 6.98. The van der Waals surface area contributed by atoms with Gasteiger partial charge in [-0.25, -0.2) is 12.7 Å². The zero-order chi connectivity index (χ0) is 19.0. The molecule has 0 aromatic rings. The molecule has 150 valence electrons. The zero-order valence-electron chi connectivity index (χ0n) is 16.0. The maximum absolute atomic E-state index is 12.4. The van der Waals surface area contributed by atoms with E-state index in [1.54, 1.807) is 11.4 Å². The lowest BCUT2D eigenvalue weighted by Crippen LogP contribution is -2.50. The molecule has 2 aliphatic heterocycles. The minimum Gasteiger partial charge on any atom is -0.355 e. The lowest BCUT2D eigenvalue weighted by molar-refractivity contribution is 0.221. The maximum Gasteiger partial charge on any atom is 0.215 e. The molecule has 2 heterocycles. The van der Waals surface area contributed by atoms with Crippen LogP contribution >= 0.6 is 11.8 Å². The van der Waals surface area contributed by atoms with Gasteiger partial charge < -0.3 is 10.6 Å². The Balaban J connectivity index is 1.70. The van der Waals surface area contributed by atoms with Crippen LogP contribution in [0.3, 0.4) is 0 Å². The molecule has 2 fully saturated rings. The quantitative estimate of drug-likeness (QED) is 0.368. The minimum absolute atomic E-state index is 0.107. The van der Waals surface area contributed by atoms with Crippen molar-refractivity contribution in [3.63, 3.8) is 0 Å². The van der Waals surface area contributed by atoms with Gasteiger partial charge in [-0.15, -0.1) is 0 Å². The number of likely N-dealkylation sites (tertiary alicyclic amines) is 1. The smallest absolute Gasteiger partial charge is 0.215 e. The Kier molecular flexibility index (Phi) is 8.72. The standard InChI is InChI=1S/C17H33N5O2S2/c1-15(2)14-21-7-4-16(5-8-21)20-17(18-3)19-6-13-26(23,24)22-9-11-25-12-10-22/h16H,1,4-14H2,2-3H3,(H2,18,19,20). The monoisotopic (exact) mass is 403 g/mol. The summed E-state index contributed by atoms with van der Waals surface area (Å²) in [6, 6.07) is 0.373. The molecule has 0 aromatic carbocycles. The fraction of sp³-hybridized carbons (Fsp3) is 0.824. The number of aliphatic imine (C=N–C) groups is 1. The number of sulfonamides is 1. The van der Waals surface area contributed by atoms with Gasteiger partial charge in [0, 0.05) is 63.9 Å². The third kappa shape index (κ3) is 7.09. The largest absolute Gasteiger partial charge is 0.355 e. The number of guanidine groups is 1. The molecule has 7 nitrogen and oxygen atoms in total. The van der Waals surface area contributed by atoms with Crippen molar-refractivity contribution in [2.24, 2.45) is 4.99 Å². The van der Waals surface area contributed by atoms with E-state index in [9.17, 15) is 8.42 Å². The fourth-order valence-corrected chi connectivity index (χ4v) is 5.75. The minimum atomic E-state index is -3.18. The number of thioether (sulfide) groups is 1. The Hall–Kier alpha value is -0.770. The summed E-state index contributed by atoms with van der Waals surface area (Å²) in [6.07, 6.45) is 2.11. The molecule has 2 saturated heterocycles. The summed E-state index contributed by atoms with van der Waals surface area (Å²) in [5, 5.41) is 6.58. The molecule has 0 spiro atoms. The van der Waals surface area contributed by atoms with Crippen LogP contribution in [0.25, 0.3) is 0 Å². The van der Waals surface area contributed by atoms with Crippen LogP contribution in [0.4, 0.5) is 0 Å². The summed E-state index contributed by atoms with van der Waals surface area (Å²) in [6.45, 7) is 10.7. The van der Waals surface area contributed by atoms with Crippen LogP contribution in [0.15, 0.2) is 17.1 Å². The highest BCUT2D eigenvalue weighted by Gasteiger charge is 2.24. The van der Waals surface area contributed by atoms with Crippen LogP contribution in [-0.4, -0.2) is 93.2 Å². The molecule has 2 rings (SSSR count). The van der Waals surface area contributed by atoms with Gasteiger partial charge in [0.2, 0.25) is 10.0 Å². The summed E-state index contributed by atoms with van der Waals surface area (Å²) < 4.78 is 26.4. The van der Waals surface area contributed by atoms with E-state index in [2.05, 4.69) is 34.0 Å². The van der Waals surface area contributed by atoms with E-state index in [-0.39, 0.29) is 5.75 Å². The maximum atomic E-state index is 12.4. The molecule has 0 saturated carbocycles. The molecule has 0 aliphatic carbocycles. The molecule has 0 unspecified atom stereocenters. The van der Waals surface area contributed by atoms with Crippen molar-refractivity contribution in [3.8, 4) is 0 Å². The van der Waals surface area contributed by atoms with Gasteiger partial charge in [0.15, 0.2) is 5.96 Å². The first-order valence-electron chi connectivity index (χ1n) is 9.30. The molecule has 0 atom stereocenters. The van der Waals surface area contributed by atoms with Crippen LogP contribution < -0.4 is 10.6 Å². The van der Waals surface area contributed by atoms with Crippen LogP contribution in [0.1, 0.15) is 19.8 Å². The van der Waals surface area contributed by atoms with Crippen molar-refractivity contribution >= 4 is 27.7 Å². The van der Waals surface area contributed by atoms with E-state index < -0.39 is 10.0 Å². The molecule has 0 amide bonds. The molecule has 0 aromatic heterocycles. The normalized spacial score (nSPS) is 21.5. The summed E-state index contributed by atoms with van der Waals surface area (Å²) in [4.78, 5) is 6.65. The Bertz CT molecular complexity index is 580. The number of piperidine rings is 1. The fourth-order valence-electron chi connectivity index (χ4n) is 3.26. The molecular formula is C17H33N5O2S2. The van der Waals surface area contributed by atoms with E-state index in [0.717, 1.165) is 44.0 Å². The van der Waals surface area contributed by atoms with Gasteiger partial charge in [0.25, 0.3) is 0 Å². The van der Waals surface area contributed by atoms with Gasteiger partial charge in [-0.05, 0) is 19.8 Å². The lowest BCUT2D eigenvalue weighted by Gasteiger charge is -2.33. The first-order chi connectivity index (χ1) is 12.4.